The maximum atomic E-state index is 4.17. The fourth-order valence-electron chi connectivity index (χ4n) is 0.750. The lowest BCUT2D eigenvalue weighted by atomic mass is 10.8. The van der Waals surface area contributed by atoms with Gasteiger partial charge in [-0.25, -0.2) is 9.97 Å². The van der Waals surface area contributed by atoms with Crippen LogP contribution >= 0.6 is 11.3 Å². The fraction of sp³-hybridized carbons (Fsp3) is 0.200. The monoisotopic (exact) mass is 139 g/mol. The van der Waals surface area contributed by atoms with Gasteiger partial charge in [0, 0.05) is 0 Å². The van der Waals surface area contributed by atoms with Gasteiger partial charge < -0.3 is 4.98 Å². The van der Waals surface area contributed by atoms with Crippen molar-refractivity contribution in [3.63, 3.8) is 0 Å². The van der Waals surface area contributed by atoms with Gasteiger partial charge in [0.05, 0.1) is 11.3 Å². The minimum Gasteiger partial charge on any atom is -0.328 e. The van der Waals surface area contributed by atoms with Gasteiger partial charge in [0.15, 0.2) is 10.5 Å². The summed E-state index contributed by atoms with van der Waals surface area (Å²) in [6.45, 7) is 1.97. The van der Waals surface area contributed by atoms with Gasteiger partial charge in [-0.2, -0.15) is 0 Å². The Bertz CT molecular complexity index is 293. The Morgan fingerprint density at radius 3 is 3.33 bits per heavy atom. The first kappa shape index (κ1) is 4.93. The smallest absolute Gasteiger partial charge is 0.168 e. The highest BCUT2D eigenvalue weighted by molar-refractivity contribution is 7.18. The van der Waals surface area contributed by atoms with Gasteiger partial charge in [0.1, 0.15) is 0 Å². The molecule has 2 aromatic rings. The van der Waals surface area contributed by atoms with Crippen LogP contribution in [0.2, 0.25) is 0 Å². The second-order valence-corrected chi connectivity index (χ2v) is 2.97. The second kappa shape index (κ2) is 1.54. The van der Waals surface area contributed by atoms with Crippen LogP contribution in [-0.4, -0.2) is 15.0 Å². The molecule has 0 bridgehead atoms. The molecule has 0 saturated heterocycles. The quantitative estimate of drug-likeness (QED) is 0.598. The largest absolute Gasteiger partial charge is 0.328 e. The summed E-state index contributed by atoms with van der Waals surface area (Å²) >= 11 is 1.61. The molecule has 1 N–H and O–H groups in total. The van der Waals surface area contributed by atoms with Crippen LogP contribution in [0.4, 0.5) is 0 Å². The molecule has 0 aliphatic rings. The van der Waals surface area contributed by atoms with Gasteiger partial charge in [-0.15, -0.1) is 0 Å². The van der Waals surface area contributed by atoms with E-state index in [0.717, 1.165) is 15.5 Å². The van der Waals surface area contributed by atoms with E-state index in [0.29, 0.717) is 0 Å². The summed E-state index contributed by atoms with van der Waals surface area (Å²) < 4.78 is 0. The number of aromatic nitrogens is 3. The predicted molar refractivity (Wildman–Crippen MR) is 36.5 cm³/mol. The Morgan fingerprint density at radius 1 is 1.67 bits per heavy atom. The summed E-state index contributed by atoms with van der Waals surface area (Å²) in [6.07, 6.45) is 1.66. The molecule has 0 radical (unpaired) electrons. The Hall–Kier alpha value is -0.900. The molecule has 9 heavy (non-hydrogen) atoms. The van der Waals surface area contributed by atoms with Gasteiger partial charge in [-0.3, -0.25) is 0 Å². The van der Waals surface area contributed by atoms with E-state index in [4.69, 9.17) is 0 Å². The van der Waals surface area contributed by atoms with Gasteiger partial charge >= 0.3 is 0 Å². The Kier molecular flexibility index (Phi) is 0.843. The predicted octanol–water partition coefficient (Wildman–Crippen LogP) is 1.33. The summed E-state index contributed by atoms with van der Waals surface area (Å²) in [5.74, 6) is 0. The number of imidazole rings is 1. The molecule has 0 spiro atoms. The van der Waals surface area contributed by atoms with E-state index in [1.165, 1.54) is 0 Å². The van der Waals surface area contributed by atoms with Crippen molar-refractivity contribution >= 4 is 21.8 Å². The molecule has 0 aromatic carbocycles. The van der Waals surface area contributed by atoms with Crippen LogP contribution in [0.15, 0.2) is 6.33 Å². The Morgan fingerprint density at radius 2 is 2.56 bits per heavy atom. The summed E-state index contributed by atoms with van der Waals surface area (Å²) in [6, 6.07) is 0. The zero-order chi connectivity index (χ0) is 6.27. The van der Waals surface area contributed by atoms with Crippen molar-refractivity contribution in [3.05, 3.63) is 11.3 Å². The fourth-order valence-corrected chi connectivity index (χ4v) is 1.47. The summed E-state index contributed by atoms with van der Waals surface area (Å²) in [5, 5.41) is 1.06. The molecule has 0 atom stereocenters. The first-order valence-electron chi connectivity index (χ1n) is 2.63. The van der Waals surface area contributed by atoms with E-state index < -0.39 is 0 Å². The van der Waals surface area contributed by atoms with Crippen molar-refractivity contribution in [1.82, 2.24) is 15.0 Å². The Labute approximate surface area is 55.8 Å². The molecule has 0 unspecified atom stereocenters. The highest BCUT2D eigenvalue weighted by atomic mass is 32.1. The third-order valence-electron chi connectivity index (χ3n) is 1.10. The number of aromatic amines is 1. The molecular formula is C5H5N3S. The maximum absolute atomic E-state index is 4.17. The van der Waals surface area contributed by atoms with E-state index in [2.05, 4.69) is 15.0 Å². The maximum Gasteiger partial charge on any atom is 0.168 e. The van der Waals surface area contributed by atoms with Gasteiger partial charge in [-0.05, 0) is 6.92 Å². The molecule has 0 aliphatic carbocycles. The Balaban J connectivity index is 2.92. The number of aryl methyl sites for hydroxylation is 1. The van der Waals surface area contributed by atoms with Gasteiger partial charge in [-0.1, -0.05) is 11.3 Å². The standard InChI is InChI=1S/C5H5N3S/c1-3-8-4-5(9-3)7-2-6-4/h2H,1H3,(H,6,7). The number of H-pyrrole nitrogens is 1. The minimum absolute atomic E-state index is 0.900. The lowest BCUT2D eigenvalue weighted by Gasteiger charge is -1.69. The molecule has 2 heterocycles. The van der Waals surface area contributed by atoms with Crippen molar-refractivity contribution in [2.45, 2.75) is 6.92 Å². The molecule has 46 valence electrons. The van der Waals surface area contributed by atoms with Crippen LogP contribution in [0.25, 0.3) is 10.5 Å². The molecule has 2 aromatic heterocycles. The van der Waals surface area contributed by atoms with E-state index in [1.807, 2.05) is 6.92 Å². The van der Waals surface area contributed by atoms with E-state index in [-0.39, 0.29) is 0 Å². The number of hydrogen-bond acceptors (Lipinski definition) is 3. The molecule has 3 nitrogen and oxygen atoms in total. The van der Waals surface area contributed by atoms with Crippen LogP contribution < -0.4 is 0 Å². The number of rotatable bonds is 0. The molecule has 0 fully saturated rings. The normalized spacial score (nSPS) is 10.8. The first-order valence-corrected chi connectivity index (χ1v) is 3.44. The molecule has 0 saturated carbocycles. The molecule has 0 aliphatic heterocycles. The van der Waals surface area contributed by atoms with Crippen molar-refractivity contribution in [2.24, 2.45) is 0 Å². The van der Waals surface area contributed by atoms with Gasteiger partial charge in [0.2, 0.25) is 0 Å². The van der Waals surface area contributed by atoms with Gasteiger partial charge in [0.25, 0.3) is 0 Å². The SMILES string of the molecule is Cc1nc2[nH]cnc2s1. The average molecular weight is 139 g/mol. The topological polar surface area (TPSA) is 41.6 Å². The summed E-state index contributed by atoms with van der Waals surface area (Å²) in [7, 11) is 0. The molecule has 0 amide bonds. The van der Waals surface area contributed by atoms with Crippen LogP contribution in [0, 0.1) is 6.92 Å². The number of nitrogens with one attached hydrogen (secondary N) is 1. The van der Waals surface area contributed by atoms with Crippen molar-refractivity contribution in [3.8, 4) is 0 Å². The molecule has 4 heteroatoms. The van der Waals surface area contributed by atoms with Crippen LogP contribution in [0.5, 0.6) is 0 Å². The number of nitrogens with zero attached hydrogens (tertiary/aromatic N) is 2. The lowest BCUT2D eigenvalue weighted by Crippen LogP contribution is -1.65. The summed E-state index contributed by atoms with van der Waals surface area (Å²) in [5.41, 5.74) is 0.900. The third kappa shape index (κ3) is 0.632. The zero-order valence-electron chi connectivity index (χ0n) is 4.88. The summed E-state index contributed by atoms with van der Waals surface area (Å²) in [4.78, 5) is 12.1. The number of fused-ring (bicyclic) bond motifs is 1. The highest BCUT2D eigenvalue weighted by Gasteiger charge is 1.98. The molecular weight excluding hydrogens is 134 g/mol. The van der Waals surface area contributed by atoms with E-state index in [9.17, 15) is 0 Å². The zero-order valence-corrected chi connectivity index (χ0v) is 5.70. The number of thiazole rings is 1. The van der Waals surface area contributed by atoms with E-state index in [1.54, 1.807) is 17.7 Å². The van der Waals surface area contributed by atoms with Crippen LogP contribution in [0.3, 0.4) is 0 Å². The first-order chi connectivity index (χ1) is 4.36. The van der Waals surface area contributed by atoms with Crippen molar-refractivity contribution < 1.29 is 0 Å². The minimum atomic E-state index is 0.900. The molecule has 2 rings (SSSR count). The van der Waals surface area contributed by atoms with Crippen molar-refractivity contribution in [2.75, 3.05) is 0 Å². The second-order valence-electron chi connectivity index (χ2n) is 1.79. The van der Waals surface area contributed by atoms with E-state index >= 15 is 0 Å². The van der Waals surface area contributed by atoms with Crippen LogP contribution in [0.1, 0.15) is 5.01 Å². The third-order valence-corrected chi connectivity index (χ3v) is 1.98. The van der Waals surface area contributed by atoms with Crippen LogP contribution in [-0.2, 0) is 0 Å². The number of hydrogen-bond donors (Lipinski definition) is 1. The van der Waals surface area contributed by atoms with Crippen molar-refractivity contribution in [1.29, 1.82) is 0 Å². The highest BCUT2D eigenvalue weighted by Crippen LogP contribution is 2.15. The average Bonchev–Trinajstić information content (AvgIpc) is 2.22. The lowest BCUT2D eigenvalue weighted by molar-refractivity contribution is 1.27.